The Morgan fingerprint density at radius 2 is 1.91 bits per heavy atom. The number of ether oxygens (including phenoxy) is 1. The largest absolute Gasteiger partial charge is 0.481 e. The van der Waals surface area contributed by atoms with Gasteiger partial charge in [-0.05, 0) is 45.4 Å². The van der Waals surface area contributed by atoms with Gasteiger partial charge in [-0.2, -0.15) is 0 Å². The van der Waals surface area contributed by atoms with E-state index in [1.54, 1.807) is 0 Å². The van der Waals surface area contributed by atoms with Gasteiger partial charge in [0.25, 0.3) is 0 Å². The van der Waals surface area contributed by atoms with E-state index in [0.717, 1.165) is 32.3 Å². The molecule has 3 aliphatic carbocycles. The van der Waals surface area contributed by atoms with E-state index in [2.05, 4.69) is 0 Å². The predicted octanol–water partition coefficient (Wildman–Crippen LogP) is 2.29. The average molecular weight is 309 g/mol. The number of carboxylic acids is 1. The standard InChI is InChI=1S/C17H27NO4/c1-3-22-14-10-13(17(14)7-4-8-17)18(2)15(19)11-5-6-12(9-11)16(20)21/h11-14H,3-10H2,1-2H3,(H,20,21)/t11-,12+,13?,14?/m1/s1. The van der Waals surface area contributed by atoms with Crippen LogP contribution in [0, 0.1) is 17.3 Å². The molecular weight excluding hydrogens is 282 g/mol. The van der Waals surface area contributed by atoms with Crippen molar-refractivity contribution in [3.8, 4) is 0 Å². The van der Waals surface area contributed by atoms with Gasteiger partial charge in [0.1, 0.15) is 0 Å². The maximum absolute atomic E-state index is 12.7. The summed E-state index contributed by atoms with van der Waals surface area (Å²) in [4.78, 5) is 25.7. The SMILES string of the molecule is CCOC1CC(N(C)C(=O)[C@@H]2CC[C@H](C(=O)O)C2)C12CCC2. The van der Waals surface area contributed by atoms with E-state index in [4.69, 9.17) is 9.84 Å². The van der Waals surface area contributed by atoms with Crippen molar-refractivity contribution in [1.29, 1.82) is 0 Å². The molecule has 1 spiro atoms. The molecule has 0 radical (unpaired) electrons. The maximum atomic E-state index is 12.7. The number of carbonyl (C=O) groups is 2. The van der Waals surface area contributed by atoms with Crippen LogP contribution in [0.5, 0.6) is 0 Å². The van der Waals surface area contributed by atoms with Crippen LogP contribution >= 0.6 is 0 Å². The van der Waals surface area contributed by atoms with Crippen LogP contribution in [0.25, 0.3) is 0 Å². The van der Waals surface area contributed by atoms with Gasteiger partial charge < -0.3 is 14.7 Å². The molecule has 1 amide bonds. The van der Waals surface area contributed by atoms with Gasteiger partial charge in [0.15, 0.2) is 0 Å². The molecule has 0 heterocycles. The third-order valence-electron chi connectivity index (χ3n) is 6.34. The third-order valence-corrected chi connectivity index (χ3v) is 6.34. The van der Waals surface area contributed by atoms with Gasteiger partial charge in [-0.3, -0.25) is 9.59 Å². The molecule has 0 aromatic rings. The second kappa shape index (κ2) is 5.84. The first-order valence-corrected chi connectivity index (χ1v) is 8.60. The van der Waals surface area contributed by atoms with Crippen LogP contribution in [0.1, 0.15) is 51.9 Å². The fourth-order valence-corrected chi connectivity index (χ4v) is 4.82. The fourth-order valence-electron chi connectivity index (χ4n) is 4.82. The number of carboxylic acid groups (broad SMARTS) is 1. The lowest BCUT2D eigenvalue weighted by molar-refractivity contribution is -0.203. The Kier molecular flexibility index (Phi) is 4.19. The van der Waals surface area contributed by atoms with Crippen LogP contribution < -0.4 is 0 Å². The third kappa shape index (κ3) is 2.34. The average Bonchev–Trinajstić information content (AvgIpc) is 2.89. The minimum absolute atomic E-state index is 0.102. The Morgan fingerprint density at radius 3 is 2.41 bits per heavy atom. The van der Waals surface area contributed by atoms with Crippen LogP contribution in [0.15, 0.2) is 0 Å². The highest BCUT2D eigenvalue weighted by Gasteiger charge is 2.61. The predicted molar refractivity (Wildman–Crippen MR) is 81.3 cm³/mol. The number of amides is 1. The van der Waals surface area contributed by atoms with Crippen molar-refractivity contribution in [2.75, 3.05) is 13.7 Å². The monoisotopic (exact) mass is 309 g/mol. The van der Waals surface area contributed by atoms with Crippen LogP contribution in [-0.2, 0) is 14.3 Å². The molecule has 124 valence electrons. The number of hydrogen-bond acceptors (Lipinski definition) is 3. The van der Waals surface area contributed by atoms with Crippen molar-refractivity contribution in [2.24, 2.45) is 17.3 Å². The highest BCUT2D eigenvalue weighted by atomic mass is 16.5. The molecule has 0 saturated heterocycles. The van der Waals surface area contributed by atoms with Crippen LogP contribution in [0.4, 0.5) is 0 Å². The Balaban J connectivity index is 1.61. The van der Waals surface area contributed by atoms with E-state index < -0.39 is 5.97 Å². The maximum Gasteiger partial charge on any atom is 0.306 e. The summed E-state index contributed by atoms with van der Waals surface area (Å²) >= 11 is 0. The zero-order valence-corrected chi connectivity index (χ0v) is 13.6. The number of aliphatic carboxylic acids is 1. The van der Waals surface area contributed by atoms with Crippen molar-refractivity contribution in [3.05, 3.63) is 0 Å². The van der Waals surface area contributed by atoms with Crippen molar-refractivity contribution in [1.82, 2.24) is 4.90 Å². The number of hydrogen-bond donors (Lipinski definition) is 1. The van der Waals surface area contributed by atoms with Crippen molar-refractivity contribution < 1.29 is 19.4 Å². The van der Waals surface area contributed by atoms with E-state index in [0.29, 0.717) is 18.9 Å². The molecule has 2 unspecified atom stereocenters. The van der Waals surface area contributed by atoms with Gasteiger partial charge in [-0.1, -0.05) is 6.42 Å². The van der Waals surface area contributed by atoms with Crippen LogP contribution in [-0.4, -0.2) is 47.7 Å². The summed E-state index contributed by atoms with van der Waals surface area (Å²) in [5, 5.41) is 9.10. The second-order valence-electron chi connectivity index (χ2n) is 7.28. The molecule has 4 atom stereocenters. The van der Waals surface area contributed by atoms with E-state index in [1.807, 2.05) is 18.9 Å². The Bertz CT molecular complexity index is 460. The quantitative estimate of drug-likeness (QED) is 0.846. The summed E-state index contributed by atoms with van der Waals surface area (Å²) in [6.07, 6.45) is 6.64. The van der Waals surface area contributed by atoms with Crippen LogP contribution in [0.3, 0.4) is 0 Å². The van der Waals surface area contributed by atoms with Crippen LogP contribution in [0.2, 0.25) is 0 Å². The minimum atomic E-state index is -0.756. The first-order valence-electron chi connectivity index (χ1n) is 8.60. The lowest BCUT2D eigenvalue weighted by Crippen LogP contribution is -2.68. The summed E-state index contributed by atoms with van der Waals surface area (Å²) < 4.78 is 5.85. The molecule has 3 fully saturated rings. The second-order valence-corrected chi connectivity index (χ2v) is 7.28. The summed E-state index contributed by atoms with van der Waals surface area (Å²) in [7, 11) is 1.91. The fraction of sp³-hybridized carbons (Fsp3) is 0.882. The molecule has 3 rings (SSSR count). The molecule has 5 nitrogen and oxygen atoms in total. The van der Waals surface area contributed by atoms with E-state index in [9.17, 15) is 9.59 Å². The van der Waals surface area contributed by atoms with E-state index >= 15 is 0 Å². The summed E-state index contributed by atoms with van der Waals surface area (Å²) in [5.74, 6) is -1.05. The Morgan fingerprint density at radius 1 is 1.23 bits per heavy atom. The molecule has 5 heteroatoms. The molecular formula is C17H27NO4. The molecule has 0 aliphatic heterocycles. The first-order chi connectivity index (χ1) is 10.5. The Hall–Kier alpha value is -1.10. The van der Waals surface area contributed by atoms with Gasteiger partial charge in [0, 0.05) is 31.0 Å². The zero-order chi connectivity index (χ0) is 15.9. The number of nitrogens with zero attached hydrogens (tertiary/aromatic N) is 1. The number of rotatable bonds is 5. The number of carbonyl (C=O) groups excluding carboxylic acids is 1. The van der Waals surface area contributed by atoms with E-state index in [1.165, 1.54) is 6.42 Å². The van der Waals surface area contributed by atoms with Crippen molar-refractivity contribution in [3.63, 3.8) is 0 Å². The molecule has 0 aromatic heterocycles. The summed E-state index contributed by atoms with van der Waals surface area (Å²) in [6.45, 7) is 2.76. The lowest BCUT2D eigenvalue weighted by Gasteiger charge is -2.63. The van der Waals surface area contributed by atoms with Crippen molar-refractivity contribution >= 4 is 11.9 Å². The Labute approximate surface area is 132 Å². The molecule has 1 N–H and O–H groups in total. The first kappa shape index (κ1) is 15.8. The van der Waals surface area contributed by atoms with Gasteiger partial charge in [0.2, 0.25) is 5.91 Å². The van der Waals surface area contributed by atoms with Gasteiger partial charge in [-0.25, -0.2) is 0 Å². The lowest BCUT2D eigenvalue weighted by atomic mass is 9.50. The summed E-state index contributed by atoms with van der Waals surface area (Å²) in [5.41, 5.74) is 0.186. The van der Waals surface area contributed by atoms with Gasteiger partial charge in [0.05, 0.1) is 12.0 Å². The topological polar surface area (TPSA) is 66.8 Å². The molecule has 3 saturated carbocycles. The zero-order valence-electron chi connectivity index (χ0n) is 13.6. The van der Waals surface area contributed by atoms with Gasteiger partial charge in [-0.15, -0.1) is 0 Å². The molecule has 22 heavy (non-hydrogen) atoms. The normalized spacial score (nSPS) is 35.7. The molecule has 3 aliphatic rings. The van der Waals surface area contributed by atoms with Gasteiger partial charge >= 0.3 is 5.97 Å². The van der Waals surface area contributed by atoms with E-state index in [-0.39, 0.29) is 29.2 Å². The summed E-state index contributed by atoms with van der Waals surface area (Å²) in [6, 6.07) is 0.286. The van der Waals surface area contributed by atoms with Crippen molar-refractivity contribution in [2.45, 2.75) is 64.0 Å². The highest BCUT2D eigenvalue weighted by Crippen LogP contribution is 2.59. The molecule has 0 aromatic carbocycles. The molecule has 0 bridgehead atoms. The highest BCUT2D eigenvalue weighted by molar-refractivity contribution is 5.81. The minimum Gasteiger partial charge on any atom is -0.481 e. The smallest absolute Gasteiger partial charge is 0.306 e.